The minimum Gasteiger partial charge on any atom is -0.265 e. The fourth-order valence-corrected chi connectivity index (χ4v) is 2.26. The summed E-state index contributed by atoms with van der Waals surface area (Å²) < 4.78 is 28.6. The molecule has 1 heterocycles. The monoisotopic (exact) mass is 290 g/mol. The van der Waals surface area contributed by atoms with Gasteiger partial charge in [0.15, 0.2) is 0 Å². The molecule has 0 amide bonds. The van der Waals surface area contributed by atoms with Crippen molar-refractivity contribution in [1.82, 2.24) is 4.98 Å². The molecule has 1 aromatic heterocycles. The number of hydrogen-bond acceptors (Lipinski definition) is 5. The predicted molar refractivity (Wildman–Crippen MR) is 75.9 cm³/mol. The highest BCUT2D eigenvalue weighted by atomic mass is 32.2. The Balaban J connectivity index is 2.19. The quantitative estimate of drug-likeness (QED) is 0.641. The van der Waals surface area contributed by atoms with Gasteiger partial charge in [-0.2, -0.15) is 8.42 Å². The van der Waals surface area contributed by atoms with Gasteiger partial charge in [0.05, 0.1) is 5.71 Å². The summed E-state index contributed by atoms with van der Waals surface area (Å²) in [5.41, 5.74) is 2.18. The normalized spacial score (nSPS) is 12.2. The van der Waals surface area contributed by atoms with Crippen LogP contribution in [-0.4, -0.2) is 19.1 Å². The van der Waals surface area contributed by atoms with E-state index in [2.05, 4.69) is 10.1 Å². The number of nitrogens with zero attached hydrogens (tertiary/aromatic N) is 2. The Morgan fingerprint density at radius 1 is 1.10 bits per heavy atom. The van der Waals surface area contributed by atoms with Gasteiger partial charge in [-0.05, 0) is 38.1 Å². The molecular formula is C14H14N2O3S. The van der Waals surface area contributed by atoms with Crippen molar-refractivity contribution in [3.05, 3.63) is 59.9 Å². The standard InChI is InChI=1S/C14H14N2O3S/c1-11-3-5-14(6-4-11)20(17,18)19-16-12(2)13-7-9-15-10-8-13/h3-10H,1-2H3/b16-12-. The van der Waals surface area contributed by atoms with Crippen molar-refractivity contribution in [1.29, 1.82) is 0 Å². The lowest BCUT2D eigenvalue weighted by Gasteiger charge is -2.03. The van der Waals surface area contributed by atoms with E-state index in [1.807, 2.05) is 6.92 Å². The van der Waals surface area contributed by atoms with Gasteiger partial charge in [-0.3, -0.25) is 9.27 Å². The third-order valence-electron chi connectivity index (χ3n) is 2.68. The largest absolute Gasteiger partial charge is 0.358 e. The maximum Gasteiger partial charge on any atom is 0.358 e. The summed E-state index contributed by atoms with van der Waals surface area (Å²) >= 11 is 0. The first-order valence-electron chi connectivity index (χ1n) is 5.94. The van der Waals surface area contributed by atoms with Crippen LogP contribution in [-0.2, 0) is 14.4 Å². The van der Waals surface area contributed by atoms with E-state index in [4.69, 9.17) is 4.28 Å². The summed E-state index contributed by atoms with van der Waals surface area (Å²) in [6, 6.07) is 9.83. The van der Waals surface area contributed by atoms with E-state index >= 15 is 0 Å². The SMILES string of the molecule is C/C(=N/OS(=O)(=O)c1ccc(C)cc1)c1ccncc1. The minimum absolute atomic E-state index is 0.0781. The summed E-state index contributed by atoms with van der Waals surface area (Å²) in [4.78, 5) is 3.96. The Kier molecular flexibility index (Phi) is 4.14. The second-order valence-electron chi connectivity index (χ2n) is 4.25. The van der Waals surface area contributed by atoms with Gasteiger partial charge in [0.1, 0.15) is 4.90 Å². The fraction of sp³-hybridized carbons (Fsp3) is 0.143. The molecule has 2 rings (SSSR count). The molecule has 0 bridgehead atoms. The molecule has 0 aliphatic rings. The van der Waals surface area contributed by atoms with Gasteiger partial charge in [0.2, 0.25) is 0 Å². The van der Waals surface area contributed by atoms with Crippen LogP contribution in [0.5, 0.6) is 0 Å². The molecule has 0 fully saturated rings. The highest BCUT2D eigenvalue weighted by molar-refractivity contribution is 7.86. The van der Waals surface area contributed by atoms with Gasteiger partial charge in [0, 0.05) is 18.0 Å². The maximum atomic E-state index is 11.9. The fourth-order valence-electron chi connectivity index (χ4n) is 1.50. The number of hydrogen-bond donors (Lipinski definition) is 0. The second kappa shape index (κ2) is 5.83. The van der Waals surface area contributed by atoms with Gasteiger partial charge in [0.25, 0.3) is 0 Å². The van der Waals surface area contributed by atoms with Crippen molar-refractivity contribution in [3.63, 3.8) is 0 Å². The summed E-state index contributed by atoms with van der Waals surface area (Å²) in [5, 5.41) is 3.67. The van der Waals surface area contributed by atoms with Gasteiger partial charge in [-0.25, -0.2) is 0 Å². The molecule has 0 saturated carbocycles. The van der Waals surface area contributed by atoms with E-state index in [0.29, 0.717) is 5.71 Å². The third kappa shape index (κ3) is 3.42. The molecule has 0 unspecified atom stereocenters. The lowest BCUT2D eigenvalue weighted by Crippen LogP contribution is -2.05. The Labute approximate surface area is 118 Å². The molecular weight excluding hydrogens is 276 g/mol. The number of oxime groups is 1. The Morgan fingerprint density at radius 3 is 2.30 bits per heavy atom. The van der Waals surface area contributed by atoms with Crippen LogP contribution in [0.3, 0.4) is 0 Å². The molecule has 0 aliphatic heterocycles. The zero-order chi connectivity index (χ0) is 14.6. The molecule has 20 heavy (non-hydrogen) atoms. The Bertz CT molecular complexity index is 708. The molecule has 6 heteroatoms. The number of benzene rings is 1. The number of rotatable bonds is 4. The van der Waals surface area contributed by atoms with Crippen LogP contribution < -0.4 is 0 Å². The number of pyridine rings is 1. The van der Waals surface area contributed by atoms with E-state index in [1.165, 1.54) is 12.1 Å². The van der Waals surface area contributed by atoms with E-state index in [-0.39, 0.29) is 4.90 Å². The smallest absolute Gasteiger partial charge is 0.265 e. The van der Waals surface area contributed by atoms with Crippen molar-refractivity contribution in [2.45, 2.75) is 18.7 Å². The van der Waals surface area contributed by atoms with Crippen LogP contribution in [0.25, 0.3) is 0 Å². The van der Waals surface area contributed by atoms with Crippen LogP contribution in [0.15, 0.2) is 58.8 Å². The van der Waals surface area contributed by atoms with Crippen molar-refractivity contribution in [2.75, 3.05) is 0 Å². The van der Waals surface area contributed by atoms with E-state index in [1.54, 1.807) is 43.6 Å². The van der Waals surface area contributed by atoms with E-state index in [9.17, 15) is 8.42 Å². The molecule has 2 aromatic rings. The minimum atomic E-state index is -3.88. The number of aromatic nitrogens is 1. The van der Waals surface area contributed by atoms with Crippen LogP contribution in [0.2, 0.25) is 0 Å². The second-order valence-corrected chi connectivity index (χ2v) is 5.78. The van der Waals surface area contributed by atoms with Crippen LogP contribution >= 0.6 is 0 Å². The van der Waals surface area contributed by atoms with Gasteiger partial charge >= 0.3 is 10.1 Å². The zero-order valence-corrected chi connectivity index (χ0v) is 12.0. The van der Waals surface area contributed by atoms with E-state index in [0.717, 1.165) is 11.1 Å². The lowest BCUT2D eigenvalue weighted by molar-refractivity contribution is 0.339. The van der Waals surface area contributed by atoms with Gasteiger partial charge in [-0.1, -0.05) is 22.9 Å². The molecule has 0 atom stereocenters. The Morgan fingerprint density at radius 2 is 1.70 bits per heavy atom. The summed E-state index contributed by atoms with van der Waals surface area (Å²) in [6.45, 7) is 3.54. The van der Waals surface area contributed by atoms with Crippen molar-refractivity contribution < 1.29 is 12.7 Å². The first kappa shape index (κ1) is 14.2. The van der Waals surface area contributed by atoms with E-state index < -0.39 is 10.1 Å². The molecule has 5 nitrogen and oxygen atoms in total. The summed E-state index contributed by atoms with van der Waals surface area (Å²) in [7, 11) is -3.88. The average Bonchev–Trinajstić information content (AvgIpc) is 2.46. The number of aryl methyl sites for hydroxylation is 1. The van der Waals surface area contributed by atoms with Crippen LogP contribution in [0, 0.1) is 6.92 Å². The summed E-state index contributed by atoms with van der Waals surface area (Å²) in [5.74, 6) is 0. The molecule has 0 radical (unpaired) electrons. The molecule has 0 aliphatic carbocycles. The highest BCUT2D eigenvalue weighted by Crippen LogP contribution is 2.14. The summed E-state index contributed by atoms with van der Waals surface area (Å²) in [6.07, 6.45) is 3.20. The maximum absolute atomic E-state index is 11.9. The average molecular weight is 290 g/mol. The lowest BCUT2D eigenvalue weighted by atomic mass is 10.2. The Hall–Kier alpha value is -2.21. The molecule has 104 valence electrons. The van der Waals surface area contributed by atoms with Crippen molar-refractivity contribution >= 4 is 15.8 Å². The molecule has 0 saturated heterocycles. The zero-order valence-electron chi connectivity index (χ0n) is 11.1. The predicted octanol–water partition coefficient (Wildman–Crippen LogP) is 2.52. The van der Waals surface area contributed by atoms with Crippen LogP contribution in [0.1, 0.15) is 18.1 Å². The molecule has 0 N–H and O–H groups in total. The van der Waals surface area contributed by atoms with Gasteiger partial charge < -0.3 is 0 Å². The van der Waals surface area contributed by atoms with Gasteiger partial charge in [-0.15, -0.1) is 0 Å². The molecule has 0 spiro atoms. The van der Waals surface area contributed by atoms with Crippen LogP contribution in [0.4, 0.5) is 0 Å². The van der Waals surface area contributed by atoms with Crippen molar-refractivity contribution in [2.24, 2.45) is 5.16 Å². The first-order chi connectivity index (χ1) is 9.49. The van der Waals surface area contributed by atoms with Crippen molar-refractivity contribution in [3.8, 4) is 0 Å². The first-order valence-corrected chi connectivity index (χ1v) is 7.35. The third-order valence-corrected chi connectivity index (χ3v) is 3.80. The topological polar surface area (TPSA) is 68.6 Å². The highest BCUT2D eigenvalue weighted by Gasteiger charge is 2.15. The molecule has 1 aromatic carbocycles.